The summed E-state index contributed by atoms with van der Waals surface area (Å²) < 4.78 is 53.9. The molecule has 0 saturated heterocycles. The van der Waals surface area contributed by atoms with Gasteiger partial charge in [-0.15, -0.1) is 0 Å². The number of halogens is 4. The van der Waals surface area contributed by atoms with Crippen LogP contribution in [0.2, 0.25) is 0 Å². The molecule has 1 heterocycles. The Kier molecular flexibility index (Phi) is 3.56. The average Bonchev–Trinajstić information content (AvgIpc) is 2.68. The zero-order valence-corrected chi connectivity index (χ0v) is 8.29. The Bertz CT molecular complexity index is 350. The second kappa shape index (κ2) is 4.54. The van der Waals surface area contributed by atoms with Gasteiger partial charge < -0.3 is 9.32 Å². The van der Waals surface area contributed by atoms with Gasteiger partial charge in [0.05, 0.1) is 12.8 Å². The van der Waals surface area contributed by atoms with Crippen molar-refractivity contribution in [1.29, 1.82) is 0 Å². The van der Waals surface area contributed by atoms with Gasteiger partial charge in [-0.25, -0.2) is 8.78 Å². The first-order valence-electron chi connectivity index (χ1n) is 4.29. The highest BCUT2D eigenvalue weighted by molar-refractivity contribution is 5.83. The van der Waals surface area contributed by atoms with Crippen LogP contribution in [0.4, 0.5) is 17.6 Å². The van der Waals surface area contributed by atoms with Gasteiger partial charge in [0.15, 0.2) is 0 Å². The van der Waals surface area contributed by atoms with E-state index in [9.17, 15) is 22.4 Å². The van der Waals surface area contributed by atoms with Crippen LogP contribution in [-0.4, -0.2) is 30.2 Å². The van der Waals surface area contributed by atoms with Crippen molar-refractivity contribution in [3.63, 3.8) is 0 Å². The van der Waals surface area contributed by atoms with Gasteiger partial charge in [0.2, 0.25) is 0 Å². The smallest absolute Gasteiger partial charge is 0.383 e. The van der Waals surface area contributed by atoms with Crippen LogP contribution in [0.25, 0.3) is 0 Å². The maximum atomic E-state index is 12.6. The summed E-state index contributed by atoms with van der Waals surface area (Å²) in [5.74, 6) is -6.36. The van der Waals surface area contributed by atoms with Gasteiger partial charge in [-0.3, -0.25) is 4.79 Å². The summed E-state index contributed by atoms with van der Waals surface area (Å²) in [6, 6.07) is 2.95. The topological polar surface area (TPSA) is 33.5 Å². The highest BCUT2D eigenvalue weighted by atomic mass is 19.3. The predicted molar refractivity (Wildman–Crippen MR) is 46.1 cm³/mol. The molecule has 0 aliphatic carbocycles. The summed E-state index contributed by atoms with van der Waals surface area (Å²) >= 11 is 0. The number of amides is 1. The van der Waals surface area contributed by atoms with Crippen LogP contribution in [0.5, 0.6) is 0 Å². The first-order valence-corrected chi connectivity index (χ1v) is 4.29. The molecule has 0 N–H and O–H groups in total. The van der Waals surface area contributed by atoms with Crippen molar-refractivity contribution >= 4 is 5.91 Å². The monoisotopic (exact) mass is 239 g/mol. The van der Waals surface area contributed by atoms with E-state index >= 15 is 0 Å². The molecular formula is C9H9F4NO2. The minimum absolute atomic E-state index is 0.237. The van der Waals surface area contributed by atoms with Crippen molar-refractivity contribution in [3.8, 4) is 0 Å². The lowest BCUT2D eigenvalue weighted by molar-refractivity contribution is -0.180. The molecule has 0 saturated carbocycles. The lowest BCUT2D eigenvalue weighted by Gasteiger charge is -2.21. The van der Waals surface area contributed by atoms with Crippen molar-refractivity contribution in [1.82, 2.24) is 4.90 Å². The summed E-state index contributed by atoms with van der Waals surface area (Å²) in [6.07, 6.45) is -2.72. The lowest BCUT2D eigenvalue weighted by atomic mass is 10.3. The quantitative estimate of drug-likeness (QED) is 0.754. The largest absolute Gasteiger partial charge is 0.467 e. The molecule has 1 aromatic rings. The fourth-order valence-corrected chi connectivity index (χ4v) is 1.06. The Morgan fingerprint density at radius 1 is 1.56 bits per heavy atom. The molecule has 0 spiro atoms. The molecule has 1 amide bonds. The second-order valence-corrected chi connectivity index (χ2v) is 3.16. The van der Waals surface area contributed by atoms with Crippen molar-refractivity contribution < 1.29 is 26.8 Å². The summed E-state index contributed by atoms with van der Waals surface area (Å²) in [5.41, 5.74) is 0. The summed E-state index contributed by atoms with van der Waals surface area (Å²) in [7, 11) is 1.00. The van der Waals surface area contributed by atoms with E-state index in [4.69, 9.17) is 4.42 Å². The number of hydrogen-bond acceptors (Lipinski definition) is 2. The second-order valence-electron chi connectivity index (χ2n) is 3.16. The molecule has 3 nitrogen and oxygen atoms in total. The van der Waals surface area contributed by atoms with Gasteiger partial charge in [-0.05, 0) is 12.1 Å². The maximum Gasteiger partial charge on any atom is 0.383 e. The van der Waals surface area contributed by atoms with E-state index in [0.29, 0.717) is 4.90 Å². The number of carbonyl (C=O) groups is 1. The number of hydrogen-bond donors (Lipinski definition) is 0. The normalized spacial score (nSPS) is 11.9. The van der Waals surface area contributed by atoms with Crippen LogP contribution in [-0.2, 0) is 11.3 Å². The SMILES string of the molecule is CN(Cc1ccco1)C(=O)C(F)(F)C(F)F. The van der Waals surface area contributed by atoms with Crippen LogP contribution in [0.1, 0.15) is 5.76 Å². The van der Waals surface area contributed by atoms with Gasteiger partial charge in [-0.1, -0.05) is 0 Å². The standard InChI is InChI=1S/C9H9F4NO2/c1-14(5-6-3-2-4-16-6)8(15)9(12,13)7(10)11/h2-4,7H,5H2,1H3. The van der Waals surface area contributed by atoms with Crippen LogP contribution in [0.3, 0.4) is 0 Å². The van der Waals surface area contributed by atoms with E-state index in [1.807, 2.05) is 0 Å². The molecule has 0 bridgehead atoms. The summed E-state index contributed by atoms with van der Waals surface area (Å²) in [6.45, 7) is -0.284. The zero-order chi connectivity index (χ0) is 12.3. The highest BCUT2D eigenvalue weighted by Crippen LogP contribution is 2.25. The Labute approximate surface area is 88.6 Å². The Morgan fingerprint density at radius 3 is 2.62 bits per heavy atom. The number of carbonyl (C=O) groups excluding carboxylic acids is 1. The van der Waals surface area contributed by atoms with Crippen LogP contribution in [0, 0.1) is 0 Å². The van der Waals surface area contributed by atoms with Crippen LogP contribution in [0.15, 0.2) is 22.8 Å². The summed E-state index contributed by atoms with van der Waals surface area (Å²) in [5, 5.41) is 0. The fourth-order valence-electron chi connectivity index (χ4n) is 1.06. The zero-order valence-electron chi connectivity index (χ0n) is 8.29. The number of rotatable bonds is 4. The van der Waals surface area contributed by atoms with Crippen molar-refractivity contribution in [2.75, 3.05) is 7.05 Å². The predicted octanol–water partition coefficient (Wildman–Crippen LogP) is 2.14. The minimum atomic E-state index is -4.67. The van der Waals surface area contributed by atoms with E-state index in [0.717, 1.165) is 7.05 Å². The molecule has 0 atom stereocenters. The van der Waals surface area contributed by atoms with E-state index in [1.54, 1.807) is 0 Å². The lowest BCUT2D eigenvalue weighted by Crippen LogP contribution is -2.45. The van der Waals surface area contributed by atoms with E-state index < -0.39 is 18.3 Å². The van der Waals surface area contributed by atoms with Gasteiger partial charge in [0.1, 0.15) is 5.76 Å². The average molecular weight is 239 g/mol. The number of furan rings is 1. The minimum Gasteiger partial charge on any atom is -0.467 e. The molecular weight excluding hydrogens is 230 g/mol. The van der Waals surface area contributed by atoms with Crippen LogP contribution < -0.4 is 0 Å². The molecule has 16 heavy (non-hydrogen) atoms. The fraction of sp³-hybridized carbons (Fsp3) is 0.444. The van der Waals surface area contributed by atoms with Gasteiger partial charge in [0, 0.05) is 7.05 Å². The third-order valence-electron chi connectivity index (χ3n) is 1.88. The first-order chi connectivity index (χ1) is 7.35. The molecule has 0 radical (unpaired) electrons. The van der Waals surface area contributed by atoms with Crippen molar-refractivity contribution in [2.45, 2.75) is 18.9 Å². The molecule has 0 aliphatic heterocycles. The van der Waals surface area contributed by atoms with Crippen molar-refractivity contribution in [2.24, 2.45) is 0 Å². The third-order valence-corrected chi connectivity index (χ3v) is 1.88. The van der Waals surface area contributed by atoms with Gasteiger partial charge in [0.25, 0.3) is 5.91 Å². The Morgan fingerprint density at radius 2 is 2.19 bits per heavy atom. The molecule has 1 aromatic heterocycles. The molecule has 0 aliphatic rings. The van der Waals surface area contributed by atoms with Gasteiger partial charge in [-0.2, -0.15) is 8.78 Å². The molecule has 0 fully saturated rings. The molecule has 7 heteroatoms. The van der Waals surface area contributed by atoms with Crippen LogP contribution >= 0.6 is 0 Å². The van der Waals surface area contributed by atoms with E-state index in [1.165, 1.54) is 18.4 Å². The Balaban J connectivity index is 2.68. The van der Waals surface area contributed by atoms with Gasteiger partial charge >= 0.3 is 12.3 Å². The molecule has 0 aromatic carbocycles. The van der Waals surface area contributed by atoms with Crippen molar-refractivity contribution in [3.05, 3.63) is 24.2 Å². The van der Waals surface area contributed by atoms with E-state index in [-0.39, 0.29) is 12.3 Å². The molecule has 1 rings (SSSR count). The summed E-state index contributed by atoms with van der Waals surface area (Å²) in [4.78, 5) is 11.5. The first kappa shape index (κ1) is 12.5. The molecule has 0 unspecified atom stereocenters. The third kappa shape index (κ3) is 2.53. The highest BCUT2D eigenvalue weighted by Gasteiger charge is 2.50. The van der Waals surface area contributed by atoms with E-state index in [2.05, 4.69) is 0 Å². The number of alkyl halides is 4. The number of nitrogens with zero attached hydrogens (tertiary/aromatic N) is 1. The Hall–Kier alpha value is -1.53. The molecule has 90 valence electrons. The maximum absolute atomic E-state index is 12.6.